The van der Waals surface area contributed by atoms with Crippen LogP contribution >= 0.6 is 0 Å². The van der Waals surface area contributed by atoms with Gasteiger partial charge in [-0.2, -0.15) is 0 Å². The topological polar surface area (TPSA) is 83.5 Å². The van der Waals surface area contributed by atoms with E-state index in [0.29, 0.717) is 11.4 Å². The minimum absolute atomic E-state index is 0.241. The van der Waals surface area contributed by atoms with E-state index in [1.54, 1.807) is 21.3 Å². The van der Waals surface area contributed by atoms with E-state index in [-0.39, 0.29) is 11.5 Å². The van der Waals surface area contributed by atoms with Gasteiger partial charge in [-0.1, -0.05) is 0 Å². The molecular weight excluding hydrogens is 346 g/mol. The molecule has 0 aliphatic carbocycles. The number of aromatic nitrogens is 5. The van der Waals surface area contributed by atoms with Gasteiger partial charge in [0.05, 0.1) is 19.9 Å². The maximum atomic E-state index is 12.7. The zero-order valence-electron chi connectivity index (χ0n) is 15.1. The van der Waals surface area contributed by atoms with Crippen molar-refractivity contribution in [2.24, 2.45) is 7.05 Å². The summed E-state index contributed by atoms with van der Waals surface area (Å²) in [5.41, 5.74) is 2.51. The third-order valence-electron chi connectivity index (χ3n) is 4.32. The van der Waals surface area contributed by atoms with Crippen molar-refractivity contribution in [2.75, 3.05) is 14.2 Å². The molecule has 0 fully saturated rings. The van der Waals surface area contributed by atoms with Crippen molar-refractivity contribution in [1.82, 2.24) is 24.4 Å². The molecule has 2 aromatic heterocycles. The van der Waals surface area contributed by atoms with Gasteiger partial charge in [0.2, 0.25) is 0 Å². The zero-order chi connectivity index (χ0) is 19.0. The molecule has 0 atom stereocenters. The van der Waals surface area contributed by atoms with Gasteiger partial charge in [0.15, 0.2) is 0 Å². The van der Waals surface area contributed by atoms with E-state index < -0.39 is 0 Å². The van der Waals surface area contributed by atoms with Crippen molar-refractivity contribution in [1.29, 1.82) is 0 Å². The molecule has 0 bridgehead atoms. The minimum atomic E-state index is -0.291. The van der Waals surface area contributed by atoms with E-state index in [1.165, 1.54) is 9.08 Å². The van der Waals surface area contributed by atoms with Crippen LogP contribution in [0, 0.1) is 0 Å². The monoisotopic (exact) mass is 363 g/mol. The molecule has 0 radical (unpaired) electrons. The van der Waals surface area contributed by atoms with E-state index in [4.69, 9.17) is 9.47 Å². The van der Waals surface area contributed by atoms with Crippen LogP contribution in [0.2, 0.25) is 0 Å². The van der Waals surface area contributed by atoms with Gasteiger partial charge in [0, 0.05) is 18.2 Å². The first-order valence-electron chi connectivity index (χ1n) is 8.23. The van der Waals surface area contributed by atoms with E-state index >= 15 is 0 Å². The van der Waals surface area contributed by atoms with Crippen LogP contribution in [0.4, 0.5) is 0 Å². The van der Waals surface area contributed by atoms with E-state index in [1.807, 2.05) is 48.5 Å². The van der Waals surface area contributed by atoms with Gasteiger partial charge in [-0.25, -0.2) is 13.9 Å². The molecular formula is C19H17N5O3. The summed E-state index contributed by atoms with van der Waals surface area (Å²) < 4.78 is 13.2. The van der Waals surface area contributed by atoms with Gasteiger partial charge in [-0.15, -0.1) is 15.3 Å². The zero-order valence-corrected chi connectivity index (χ0v) is 15.1. The maximum Gasteiger partial charge on any atom is 0.351 e. The van der Waals surface area contributed by atoms with Crippen molar-refractivity contribution >= 4 is 5.78 Å². The van der Waals surface area contributed by atoms with Crippen molar-refractivity contribution in [3.8, 4) is 34.0 Å². The smallest absolute Gasteiger partial charge is 0.351 e. The van der Waals surface area contributed by atoms with Crippen molar-refractivity contribution in [3.63, 3.8) is 0 Å². The van der Waals surface area contributed by atoms with E-state index in [2.05, 4.69) is 15.3 Å². The lowest BCUT2D eigenvalue weighted by molar-refractivity contribution is 0.414. The molecule has 4 rings (SSSR count). The highest BCUT2D eigenvalue weighted by atomic mass is 16.5. The second-order valence-corrected chi connectivity index (χ2v) is 5.90. The van der Waals surface area contributed by atoms with Crippen LogP contribution in [-0.2, 0) is 7.05 Å². The predicted molar refractivity (Wildman–Crippen MR) is 100.0 cm³/mol. The lowest BCUT2D eigenvalue weighted by Gasteiger charge is -2.11. The summed E-state index contributed by atoms with van der Waals surface area (Å²) in [6, 6.07) is 14.9. The summed E-state index contributed by atoms with van der Waals surface area (Å²) in [7, 11) is 4.80. The van der Waals surface area contributed by atoms with Crippen LogP contribution < -0.4 is 15.2 Å². The Morgan fingerprint density at radius 3 is 1.93 bits per heavy atom. The fraction of sp³-hybridized carbons (Fsp3) is 0.158. The Balaban J connectivity index is 2.02. The molecule has 0 aliphatic heterocycles. The Morgan fingerprint density at radius 2 is 1.37 bits per heavy atom. The van der Waals surface area contributed by atoms with Crippen LogP contribution in [0.3, 0.4) is 0 Å². The Kier molecular flexibility index (Phi) is 4.08. The third-order valence-corrected chi connectivity index (χ3v) is 4.32. The van der Waals surface area contributed by atoms with Crippen LogP contribution in [0.1, 0.15) is 0 Å². The van der Waals surface area contributed by atoms with Gasteiger partial charge >= 0.3 is 5.69 Å². The van der Waals surface area contributed by atoms with Gasteiger partial charge in [0.1, 0.15) is 17.2 Å². The number of fused-ring (bicyclic) bond motifs is 1. The lowest BCUT2D eigenvalue weighted by atomic mass is 10.0. The van der Waals surface area contributed by atoms with E-state index in [9.17, 15) is 4.79 Å². The second-order valence-electron chi connectivity index (χ2n) is 5.90. The molecule has 8 nitrogen and oxygen atoms in total. The molecule has 0 saturated heterocycles. The average Bonchev–Trinajstić information content (AvgIpc) is 3.01. The number of methoxy groups -OCH3 is 2. The first-order valence-corrected chi connectivity index (χ1v) is 8.23. The highest BCUT2D eigenvalue weighted by molar-refractivity contribution is 5.79. The SMILES string of the molecule is COc1ccc(-c2nnc3nn(C)c(=O)n3c2-c2ccc(OC)cc2)cc1. The molecule has 0 amide bonds. The molecule has 27 heavy (non-hydrogen) atoms. The number of rotatable bonds is 4. The van der Waals surface area contributed by atoms with Gasteiger partial charge in [-0.05, 0) is 48.5 Å². The number of nitrogens with zero attached hydrogens (tertiary/aromatic N) is 5. The summed E-state index contributed by atoms with van der Waals surface area (Å²) in [6.07, 6.45) is 0. The molecule has 0 unspecified atom stereocenters. The highest BCUT2D eigenvalue weighted by Gasteiger charge is 2.19. The Morgan fingerprint density at radius 1 is 0.815 bits per heavy atom. The average molecular weight is 363 g/mol. The molecule has 2 aromatic carbocycles. The Labute approximate surface area is 154 Å². The summed E-state index contributed by atoms with van der Waals surface area (Å²) in [5, 5.41) is 12.6. The fourth-order valence-corrected chi connectivity index (χ4v) is 2.92. The first kappa shape index (κ1) is 16.8. The Hall–Kier alpha value is -3.68. The van der Waals surface area contributed by atoms with Gasteiger partial charge in [-0.3, -0.25) is 0 Å². The summed E-state index contributed by atoms with van der Waals surface area (Å²) in [6.45, 7) is 0. The summed E-state index contributed by atoms with van der Waals surface area (Å²) in [5.74, 6) is 1.70. The number of hydrogen-bond acceptors (Lipinski definition) is 6. The molecule has 0 spiro atoms. The van der Waals surface area contributed by atoms with Crippen molar-refractivity contribution in [2.45, 2.75) is 0 Å². The van der Waals surface area contributed by atoms with Crippen molar-refractivity contribution < 1.29 is 9.47 Å². The third kappa shape index (κ3) is 2.80. The molecule has 0 N–H and O–H groups in total. The molecule has 0 saturated carbocycles. The number of hydrogen-bond donors (Lipinski definition) is 0. The normalized spacial score (nSPS) is 10.9. The quantitative estimate of drug-likeness (QED) is 0.553. The molecule has 4 aromatic rings. The number of aryl methyl sites for hydroxylation is 1. The van der Waals surface area contributed by atoms with Crippen LogP contribution in [0.15, 0.2) is 53.3 Å². The van der Waals surface area contributed by atoms with Crippen LogP contribution in [-0.4, -0.2) is 38.6 Å². The first-order chi connectivity index (χ1) is 13.1. The maximum absolute atomic E-state index is 12.7. The van der Waals surface area contributed by atoms with Crippen LogP contribution in [0.25, 0.3) is 28.3 Å². The summed E-state index contributed by atoms with van der Waals surface area (Å²) in [4.78, 5) is 12.7. The van der Waals surface area contributed by atoms with Gasteiger partial charge in [0.25, 0.3) is 5.78 Å². The fourth-order valence-electron chi connectivity index (χ4n) is 2.92. The standard InChI is InChI=1S/C19H17N5O3/c1-23-19(25)24-17(13-6-10-15(27-3)11-7-13)16(20-21-18(24)22-23)12-4-8-14(26-2)9-5-12/h4-11H,1-3H3. The van der Waals surface area contributed by atoms with Gasteiger partial charge < -0.3 is 9.47 Å². The van der Waals surface area contributed by atoms with Crippen LogP contribution in [0.5, 0.6) is 11.5 Å². The predicted octanol–water partition coefficient (Wildman–Crippen LogP) is 2.17. The minimum Gasteiger partial charge on any atom is -0.497 e. The molecule has 2 heterocycles. The largest absolute Gasteiger partial charge is 0.497 e. The van der Waals surface area contributed by atoms with Crippen molar-refractivity contribution in [3.05, 3.63) is 59.0 Å². The van der Waals surface area contributed by atoms with E-state index in [0.717, 1.165) is 22.6 Å². The molecule has 0 aliphatic rings. The highest BCUT2D eigenvalue weighted by Crippen LogP contribution is 2.31. The number of ether oxygens (including phenoxy) is 2. The second kappa shape index (κ2) is 6.56. The molecule has 136 valence electrons. The Bertz CT molecular complexity index is 1160. The molecule has 8 heteroatoms. The summed E-state index contributed by atoms with van der Waals surface area (Å²) >= 11 is 0. The lowest BCUT2D eigenvalue weighted by Crippen LogP contribution is -2.20. The number of benzene rings is 2.